The number of ether oxygens (including phenoxy) is 1. The predicted molar refractivity (Wildman–Crippen MR) is 206 cm³/mol. The summed E-state index contributed by atoms with van der Waals surface area (Å²) in [5.74, 6) is 0.749. The van der Waals surface area contributed by atoms with Crippen LogP contribution in [-0.4, -0.2) is 108 Å². The van der Waals surface area contributed by atoms with E-state index in [0.717, 1.165) is 94.2 Å². The molecule has 276 valence electrons. The Morgan fingerprint density at radius 1 is 0.808 bits per heavy atom. The number of nitrogens with one attached hydrogen (secondary N) is 1. The van der Waals surface area contributed by atoms with Crippen LogP contribution in [-0.2, 0) is 22.4 Å². The highest BCUT2D eigenvalue weighted by atomic mass is 16.5. The van der Waals surface area contributed by atoms with Crippen molar-refractivity contribution in [2.75, 3.05) is 59.0 Å². The summed E-state index contributed by atoms with van der Waals surface area (Å²) in [4.78, 5) is 37.8. The van der Waals surface area contributed by atoms with Crippen molar-refractivity contribution in [3.63, 3.8) is 0 Å². The molecular weight excluding hydrogens is 651 g/mol. The van der Waals surface area contributed by atoms with E-state index in [1.165, 1.54) is 11.1 Å². The second-order valence-corrected chi connectivity index (χ2v) is 14.5. The number of pyridine rings is 1. The van der Waals surface area contributed by atoms with Gasteiger partial charge >= 0.3 is 0 Å². The number of aromatic nitrogens is 1. The lowest BCUT2D eigenvalue weighted by molar-refractivity contribution is -0.137. The van der Waals surface area contributed by atoms with Crippen LogP contribution in [0.2, 0.25) is 0 Å². The van der Waals surface area contributed by atoms with Crippen molar-refractivity contribution in [3.8, 4) is 5.75 Å². The first-order valence-electron chi connectivity index (χ1n) is 19.3. The summed E-state index contributed by atoms with van der Waals surface area (Å²) in [7, 11) is 0. The van der Waals surface area contributed by atoms with Gasteiger partial charge in [0.15, 0.2) is 0 Å². The van der Waals surface area contributed by atoms with E-state index in [1.54, 1.807) is 6.20 Å². The van der Waals surface area contributed by atoms with Gasteiger partial charge in [-0.05, 0) is 86.8 Å². The Hall–Kier alpha value is -4.31. The molecule has 3 heterocycles. The molecule has 2 saturated heterocycles. The highest BCUT2D eigenvalue weighted by Crippen LogP contribution is 2.24. The molecule has 9 nitrogen and oxygen atoms in total. The third-order valence-corrected chi connectivity index (χ3v) is 10.5. The lowest BCUT2D eigenvalue weighted by Crippen LogP contribution is -2.53. The molecule has 2 amide bonds. The molecule has 2 aliphatic heterocycles. The average Bonchev–Trinajstić information content (AvgIpc) is 3.18. The fourth-order valence-corrected chi connectivity index (χ4v) is 7.58. The number of piperazine rings is 1. The summed E-state index contributed by atoms with van der Waals surface area (Å²) in [5.41, 5.74) is 3.53. The SMILES string of the molecule is O=C(NC(CCCc1ccccc1)CCCc1ccccc1)C1CCCN(C(=O)CN2CCN(CC(O)COc3cccc4ncccc34)CC2)C1. The highest BCUT2D eigenvalue weighted by molar-refractivity contribution is 5.85. The number of hydrogen-bond donors (Lipinski definition) is 2. The summed E-state index contributed by atoms with van der Waals surface area (Å²) in [5, 5.41) is 15.1. The van der Waals surface area contributed by atoms with Crippen molar-refractivity contribution in [1.82, 2.24) is 25.0 Å². The van der Waals surface area contributed by atoms with Gasteiger partial charge in [0.05, 0.1) is 18.0 Å². The number of benzene rings is 3. The quantitative estimate of drug-likeness (QED) is 0.153. The number of aryl methyl sites for hydroxylation is 2. The fraction of sp³-hybridized carbons (Fsp3) is 0.465. The van der Waals surface area contributed by atoms with Gasteiger partial charge in [0.25, 0.3) is 0 Å². The topological polar surface area (TPSA) is 98.2 Å². The molecular formula is C43H55N5O4. The number of aliphatic hydroxyl groups excluding tert-OH is 1. The number of piperidine rings is 1. The Bertz CT molecular complexity index is 1630. The maximum absolute atomic E-state index is 13.6. The van der Waals surface area contributed by atoms with E-state index in [4.69, 9.17) is 4.74 Å². The Labute approximate surface area is 309 Å². The average molecular weight is 706 g/mol. The minimum absolute atomic E-state index is 0.0928. The molecule has 0 aliphatic carbocycles. The Morgan fingerprint density at radius 3 is 2.17 bits per heavy atom. The first-order chi connectivity index (χ1) is 25.5. The summed E-state index contributed by atoms with van der Waals surface area (Å²) in [6, 6.07) is 30.9. The molecule has 2 atom stereocenters. The summed E-state index contributed by atoms with van der Waals surface area (Å²) in [6.45, 7) is 5.38. The van der Waals surface area contributed by atoms with Gasteiger partial charge in [-0.3, -0.25) is 24.4 Å². The van der Waals surface area contributed by atoms with Crippen molar-refractivity contribution in [1.29, 1.82) is 0 Å². The van der Waals surface area contributed by atoms with Crippen LogP contribution in [0.15, 0.2) is 97.2 Å². The molecule has 52 heavy (non-hydrogen) atoms. The minimum Gasteiger partial charge on any atom is -0.490 e. The molecule has 0 spiro atoms. The molecule has 2 N–H and O–H groups in total. The van der Waals surface area contributed by atoms with Crippen LogP contribution in [0, 0.1) is 5.92 Å². The van der Waals surface area contributed by atoms with Crippen LogP contribution in [0.4, 0.5) is 0 Å². The fourth-order valence-electron chi connectivity index (χ4n) is 7.58. The zero-order valence-electron chi connectivity index (χ0n) is 30.5. The number of aliphatic hydroxyl groups is 1. The maximum Gasteiger partial charge on any atom is 0.236 e. The van der Waals surface area contributed by atoms with Crippen molar-refractivity contribution >= 4 is 22.7 Å². The van der Waals surface area contributed by atoms with Crippen LogP contribution in [0.3, 0.4) is 0 Å². The predicted octanol–water partition coefficient (Wildman–Crippen LogP) is 5.36. The van der Waals surface area contributed by atoms with Crippen molar-refractivity contribution in [2.24, 2.45) is 5.92 Å². The highest BCUT2D eigenvalue weighted by Gasteiger charge is 2.31. The second-order valence-electron chi connectivity index (χ2n) is 14.5. The van der Waals surface area contributed by atoms with Crippen molar-refractivity contribution in [3.05, 3.63) is 108 Å². The van der Waals surface area contributed by atoms with Crippen molar-refractivity contribution < 1.29 is 19.4 Å². The van der Waals surface area contributed by atoms with Gasteiger partial charge in [-0.1, -0.05) is 66.7 Å². The van der Waals surface area contributed by atoms with Crippen LogP contribution < -0.4 is 10.1 Å². The second kappa shape index (κ2) is 19.5. The number of likely N-dealkylation sites (tertiary alicyclic amines) is 1. The van der Waals surface area contributed by atoms with E-state index in [2.05, 4.69) is 68.6 Å². The lowest BCUT2D eigenvalue weighted by atomic mass is 9.94. The van der Waals surface area contributed by atoms with Crippen LogP contribution in [0.5, 0.6) is 5.75 Å². The molecule has 6 rings (SSSR count). The molecule has 0 bridgehead atoms. The number of nitrogens with zero attached hydrogens (tertiary/aromatic N) is 4. The van der Waals surface area contributed by atoms with Gasteiger partial charge in [0.1, 0.15) is 18.5 Å². The van der Waals surface area contributed by atoms with Crippen LogP contribution in [0.1, 0.15) is 49.7 Å². The van der Waals surface area contributed by atoms with E-state index in [1.807, 2.05) is 47.4 Å². The monoisotopic (exact) mass is 705 g/mol. The number of carbonyl (C=O) groups is 2. The van der Waals surface area contributed by atoms with Crippen LogP contribution >= 0.6 is 0 Å². The zero-order chi connectivity index (χ0) is 36.0. The molecule has 2 unspecified atom stereocenters. The number of amides is 2. The number of fused-ring (bicyclic) bond motifs is 1. The number of rotatable bonds is 17. The molecule has 9 heteroatoms. The molecule has 2 aliphatic rings. The molecule has 3 aromatic carbocycles. The summed E-state index contributed by atoms with van der Waals surface area (Å²) < 4.78 is 5.97. The summed E-state index contributed by atoms with van der Waals surface area (Å²) in [6.07, 6.45) is 8.76. The van der Waals surface area contributed by atoms with E-state index in [9.17, 15) is 14.7 Å². The largest absolute Gasteiger partial charge is 0.490 e. The summed E-state index contributed by atoms with van der Waals surface area (Å²) >= 11 is 0. The Morgan fingerprint density at radius 2 is 1.48 bits per heavy atom. The third kappa shape index (κ3) is 11.3. The molecule has 2 fully saturated rings. The lowest BCUT2D eigenvalue weighted by Gasteiger charge is -2.37. The molecule has 0 saturated carbocycles. The van der Waals surface area contributed by atoms with Gasteiger partial charge in [-0.15, -0.1) is 0 Å². The number of β-amino-alcohol motifs (C(OH)–C–C–N with tert-alkyl or cyclic N) is 1. The normalized spacial score (nSPS) is 17.7. The van der Waals surface area contributed by atoms with Crippen LogP contribution in [0.25, 0.3) is 10.9 Å². The number of hydrogen-bond acceptors (Lipinski definition) is 7. The van der Waals surface area contributed by atoms with Gasteiger partial charge in [-0.2, -0.15) is 0 Å². The van der Waals surface area contributed by atoms with E-state index in [-0.39, 0.29) is 30.4 Å². The Kier molecular flexibility index (Phi) is 14.0. The molecule has 4 aromatic rings. The van der Waals surface area contributed by atoms with E-state index < -0.39 is 6.10 Å². The smallest absolute Gasteiger partial charge is 0.236 e. The minimum atomic E-state index is -0.621. The first kappa shape index (κ1) is 37.4. The third-order valence-electron chi connectivity index (χ3n) is 10.5. The van der Waals surface area contributed by atoms with Gasteiger partial charge in [0.2, 0.25) is 11.8 Å². The van der Waals surface area contributed by atoms with Crippen molar-refractivity contribution in [2.45, 2.75) is 63.5 Å². The first-order valence-corrected chi connectivity index (χ1v) is 19.3. The van der Waals surface area contributed by atoms with Gasteiger partial charge in [-0.25, -0.2) is 0 Å². The Balaban J connectivity index is 0.920. The molecule has 1 aromatic heterocycles. The van der Waals surface area contributed by atoms with Gasteiger partial charge in [0, 0.05) is 63.4 Å². The maximum atomic E-state index is 13.6. The standard InChI is InChI=1S/C43H55N5O4/c49-38(33-52-41-23-9-22-40-39(41)21-10-24-44-40)31-46-26-28-47(29-27-46)32-42(50)48-25-11-18-36(30-48)43(51)45-37(19-7-16-34-12-3-1-4-13-34)20-8-17-35-14-5-2-6-15-35/h1-6,9-10,12-15,21-24,36-38,49H,7-8,11,16-20,25-33H2,(H,45,51). The number of carbonyl (C=O) groups excluding carboxylic acids is 2. The van der Waals surface area contributed by atoms with E-state index in [0.29, 0.717) is 26.2 Å². The van der Waals surface area contributed by atoms with Gasteiger partial charge < -0.3 is 20.1 Å². The van der Waals surface area contributed by atoms with E-state index >= 15 is 0 Å². The molecule has 0 radical (unpaired) electrons. The zero-order valence-corrected chi connectivity index (χ0v) is 30.5.